The maximum Gasteiger partial charge on any atom is 0.328 e. The van der Waals surface area contributed by atoms with Gasteiger partial charge in [0.1, 0.15) is 17.8 Å². The molecule has 0 saturated carbocycles. The zero-order valence-electron chi connectivity index (χ0n) is 20.2. The lowest BCUT2D eigenvalue weighted by Crippen LogP contribution is -2.55. The Morgan fingerprint density at radius 1 is 0.861 bits per heavy atom. The fourth-order valence-corrected chi connectivity index (χ4v) is 2.45. The normalized spacial score (nSPS) is 12.2. The van der Waals surface area contributed by atoms with Gasteiger partial charge in [-0.1, -0.05) is 18.6 Å². The van der Waals surface area contributed by atoms with Crippen molar-refractivity contribution in [3.8, 4) is 5.75 Å². The zero-order valence-corrected chi connectivity index (χ0v) is 20.2. The van der Waals surface area contributed by atoms with Gasteiger partial charge in [-0.2, -0.15) is 0 Å². The van der Waals surface area contributed by atoms with E-state index in [0.717, 1.165) is 20.3 Å². The van der Waals surface area contributed by atoms with Crippen LogP contribution < -0.4 is 22.1 Å². The molecule has 11 N–H and O–H groups in total. The Hall–Kier alpha value is -3.75. The van der Waals surface area contributed by atoms with E-state index in [1.807, 2.05) is 0 Å². The molecule has 0 aliphatic heterocycles. The van der Waals surface area contributed by atoms with Crippen molar-refractivity contribution >= 4 is 29.7 Å². The summed E-state index contributed by atoms with van der Waals surface area (Å²) in [6.45, 7) is 1.86. The van der Waals surface area contributed by atoms with Crippen molar-refractivity contribution in [1.29, 1.82) is 0 Å². The number of nitrogens with one attached hydrogen (secondary N) is 2. The number of hydrogen-bond acceptors (Lipinski definition) is 9. The summed E-state index contributed by atoms with van der Waals surface area (Å²) in [5.74, 6) is -4.34. The molecule has 0 aromatic heterocycles. The van der Waals surface area contributed by atoms with E-state index in [1.165, 1.54) is 12.1 Å². The molecule has 2 amide bonds. The number of nitrogens with two attached hydrogens (primary N) is 2. The molecule has 14 heteroatoms. The molecular weight excluding hydrogens is 480 g/mol. The van der Waals surface area contributed by atoms with Crippen molar-refractivity contribution in [3.05, 3.63) is 29.8 Å². The van der Waals surface area contributed by atoms with Crippen LogP contribution in [0.1, 0.15) is 38.7 Å². The van der Waals surface area contributed by atoms with E-state index in [9.17, 15) is 19.5 Å². The molecule has 1 aromatic carbocycles. The van der Waals surface area contributed by atoms with Crippen LogP contribution in [0.25, 0.3) is 0 Å². The average Bonchev–Trinajstić information content (AvgIpc) is 2.77. The van der Waals surface area contributed by atoms with Crippen LogP contribution in [-0.2, 0) is 30.4 Å². The number of hydrogen-bond donors (Lipinski definition) is 9. The molecule has 0 bridgehead atoms. The third-order valence-electron chi connectivity index (χ3n) is 4.11. The van der Waals surface area contributed by atoms with Crippen LogP contribution in [0.3, 0.4) is 0 Å². The molecule has 0 aliphatic rings. The molecule has 36 heavy (non-hydrogen) atoms. The second kappa shape index (κ2) is 19.5. The van der Waals surface area contributed by atoms with Crippen molar-refractivity contribution in [2.24, 2.45) is 11.5 Å². The van der Waals surface area contributed by atoms with Crippen LogP contribution in [0.4, 0.5) is 0 Å². The first-order valence-corrected chi connectivity index (χ1v) is 10.8. The fraction of sp³-hybridized carbons (Fsp3) is 0.500. The first-order chi connectivity index (χ1) is 16.7. The minimum Gasteiger partial charge on any atom is -0.508 e. The van der Waals surface area contributed by atoms with Crippen LogP contribution in [0.5, 0.6) is 5.75 Å². The zero-order chi connectivity index (χ0) is 28.3. The number of aliphatic hydroxyl groups is 1. The molecule has 0 aliphatic carbocycles. The Balaban J connectivity index is 0. The van der Waals surface area contributed by atoms with Gasteiger partial charge in [0.05, 0.1) is 12.6 Å². The van der Waals surface area contributed by atoms with E-state index in [4.69, 9.17) is 41.5 Å². The number of aliphatic hydroxyl groups excluding tert-OH is 1. The van der Waals surface area contributed by atoms with Crippen molar-refractivity contribution in [3.63, 3.8) is 0 Å². The number of amides is 2. The lowest BCUT2D eigenvalue weighted by Gasteiger charge is -2.22. The third kappa shape index (κ3) is 18.7. The van der Waals surface area contributed by atoms with Crippen LogP contribution in [0, 0.1) is 0 Å². The molecule has 0 heterocycles. The molecule has 204 valence electrons. The molecule has 1 aromatic rings. The largest absolute Gasteiger partial charge is 0.508 e. The smallest absolute Gasteiger partial charge is 0.328 e. The number of phenols is 1. The molecule has 1 rings (SSSR count). The number of carboxylic acids is 3. The molecule has 0 spiro atoms. The highest BCUT2D eigenvalue weighted by atomic mass is 16.4. The van der Waals surface area contributed by atoms with E-state index < -0.39 is 54.5 Å². The molecule has 0 fully saturated rings. The number of rotatable bonds is 12. The summed E-state index contributed by atoms with van der Waals surface area (Å²) in [7, 11) is 0. The SMILES string of the molecule is CC(=O)O.CC(=O)O.NCCCCC(N)C(=O)NC(Cc1ccc(O)cc1)C(=O)NC(CO)C(=O)O. The lowest BCUT2D eigenvalue weighted by atomic mass is 10.0. The maximum atomic E-state index is 12.5. The highest BCUT2D eigenvalue weighted by Crippen LogP contribution is 2.12. The summed E-state index contributed by atoms with van der Waals surface area (Å²) in [4.78, 5) is 53.9. The molecule has 0 saturated heterocycles. The van der Waals surface area contributed by atoms with E-state index >= 15 is 0 Å². The van der Waals surface area contributed by atoms with Gasteiger partial charge in [-0.3, -0.25) is 19.2 Å². The van der Waals surface area contributed by atoms with E-state index in [0.29, 0.717) is 24.9 Å². The topological polar surface area (TPSA) is 263 Å². The molecule has 3 unspecified atom stereocenters. The quantitative estimate of drug-likeness (QED) is 0.146. The van der Waals surface area contributed by atoms with E-state index in [-0.39, 0.29) is 12.2 Å². The maximum absolute atomic E-state index is 12.5. The predicted molar refractivity (Wildman–Crippen MR) is 128 cm³/mol. The van der Waals surface area contributed by atoms with Gasteiger partial charge in [-0.25, -0.2) is 4.79 Å². The number of aromatic hydroxyl groups is 1. The van der Waals surface area contributed by atoms with Gasteiger partial charge in [0.25, 0.3) is 11.9 Å². The van der Waals surface area contributed by atoms with Gasteiger partial charge >= 0.3 is 5.97 Å². The second-order valence-corrected chi connectivity index (χ2v) is 7.44. The fourth-order valence-electron chi connectivity index (χ4n) is 2.45. The monoisotopic (exact) mass is 516 g/mol. The molecular formula is C22H36N4O10. The number of unbranched alkanes of at least 4 members (excludes halogenated alkanes) is 1. The van der Waals surface area contributed by atoms with Crippen molar-refractivity contribution in [2.45, 2.75) is 57.7 Å². The first kappa shape index (κ1) is 34.4. The summed E-state index contributed by atoms with van der Waals surface area (Å²) >= 11 is 0. The van der Waals surface area contributed by atoms with Crippen molar-refractivity contribution < 1.29 is 49.5 Å². The van der Waals surface area contributed by atoms with E-state index in [1.54, 1.807) is 12.1 Å². The Bertz CT molecular complexity index is 813. The minimum absolute atomic E-state index is 0.0435. The number of phenolic OH excluding ortho intramolecular Hbond substituents is 1. The lowest BCUT2D eigenvalue weighted by molar-refractivity contribution is -0.143. The average molecular weight is 517 g/mol. The highest BCUT2D eigenvalue weighted by molar-refractivity contribution is 5.92. The number of carbonyl (C=O) groups excluding carboxylic acids is 2. The van der Waals surface area contributed by atoms with E-state index in [2.05, 4.69) is 10.6 Å². The Kier molecular flexibility index (Phi) is 18.7. The van der Waals surface area contributed by atoms with Gasteiger partial charge in [0, 0.05) is 20.3 Å². The summed E-state index contributed by atoms with van der Waals surface area (Å²) < 4.78 is 0. The summed E-state index contributed by atoms with van der Waals surface area (Å²) in [5.41, 5.74) is 11.9. The number of carbonyl (C=O) groups is 5. The second-order valence-electron chi connectivity index (χ2n) is 7.44. The summed E-state index contributed by atoms with van der Waals surface area (Å²) in [6.07, 6.45) is 1.82. The number of carboxylic acid groups (broad SMARTS) is 3. The molecule has 0 radical (unpaired) electrons. The Morgan fingerprint density at radius 2 is 1.33 bits per heavy atom. The van der Waals surface area contributed by atoms with Crippen LogP contribution in [-0.4, -0.2) is 86.5 Å². The van der Waals surface area contributed by atoms with Gasteiger partial charge in [0.15, 0.2) is 0 Å². The van der Waals surface area contributed by atoms with Gasteiger partial charge in [-0.05, 0) is 37.1 Å². The predicted octanol–water partition coefficient (Wildman–Crippen LogP) is -1.38. The number of benzene rings is 1. The third-order valence-corrected chi connectivity index (χ3v) is 4.11. The van der Waals surface area contributed by atoms with Crippen LogP contribution >= 0.6 is 0 Å². The first-order valence-electron chi connectivity index (χ1n) is 10.8. The number of aliphatic carboxylic acids is 3. The highest BCUT2D eigenvalue weighted by Gasteiger charge is 2.27. The van der Waals surface area contributed by atoms with Gasteiger partial charge in [0.2, 0.25) is 11.8 Å². The standard InChI is InChI=1S/C18H28N4O6.2C2H4O2/c19-8-2-1-3-13(20)16(25)21-14(9-11-4-6-12(24)7-5-11)17(26)22-15(10-23)18(27)28;2*1-2(3)4/h4-7,13-15,23-24H,1-3,8-10,19-20H2,(H,21,25)(H,22,26)(H,27,28);2*1H3,(H,3,4). The minimum atomic E-state index is -1.50. The molecule has 3 atom stereocenters. The Labute approximate surface area is 208 Å². The van der Waals surface area contributed by atoms with Crippen molar-refractivity contribution in [1.82, 2.24) is 10.6 Å². The summed E-state index contributed by atoms with van der Waals surface area (Å²) in [6, 6.07) is 2.57. The van der Waals surface area contributed by atoms with Gasteiger partial charge < -0.3 is 47.6 Å². The molecule has 14 nitrogen and oxygen atoms in total. The Morgan fingerprint density at radius 3 is 1.75 bits per heavy atom. The summed E-state index contributed by atoms with van der Waals surface area (Å²) in [5, 5.41) is 47.0. The van der Waals surface area contributed by atoms with Gasteiger partial charge in [-0.15, -0.1) is 0 Å². The van der Waals surface area contributed by atoms with Crippen LogP contribution in [0.2, 0.25) is 0 Å². The van der Waals surface area contributed by atoms with Crippen molar-refractivity contribution in [2.75, 3.05) is 13.2 Å². The van der Waals surface area contributed by atoms with Crippen LogP contribution in [0.15, 0.2) is 24.3 Å².